The van der Waals surface area contributed by atoms with E-state index >= 15 is 0 Å². The van der Waals surface area contributed by atoms with Crippen LogP contribution in [0.15, 0.2) is 34.0 Å². The number of aromatic nitrogens is 2. The molecule has 6 nitrogen and oxygen atoms in total. The molecule has 1 aliphatic carbocycles. The molecule has 0 bridgehead atoms. The predicted octanol–water partition coefficient (Wildman–Crippen LogP) is 2.30. The lowest BCUT2D eigenvalue weighted by Crippen LogP contribution is -2.41. The lowest BCUT2D eigenvalue weighted by atomic mass is 10.1. The number of aryl methyl sites for hydroxylation is 2. The lowest BCUT2D eigenvalue weighted by Gasteiger charge is -2.11. The second-order valence-electron chi connectivity index (χ2n) is 6.56. The number of benzene rings is 1. The van der Waals surface area contributed by atoms with Gasteiger partial charge < -0.3 is 4.74 Å². The monoisotopic (exact) mass is 339 g/mol. The highest BCUT2D eigenvalue weighted by molar-refractivity contribution is 5.33. The summed E-state index contributed by atoms with van der Waals surface area (Å²) in [5.74, 6) is 0.783. The second kappa shape index (κ2) is 6.98. The Labute approximate surface area is 145 Å². The van der Waals surface area contributed by atoms with Gasteiger partial charge in [-0.05, 0) is 56.4 Å². The van der Waals surface area contributed by atoms with Crippen molar-refractivity contribution in [1.29, 1.82) is 5.26 Å². The standard InChI is InChI=1S/C19H21N3O3/c1-13-8-14(2)10-17(9-13)25-7-3-6-21-18(23)15(11-20)12-22(19(21)24)16-4-5-16/h8-10,12,16H,3-7H2,1-2H3. The first-order valence-electron chi connectivity index (χ1n) is 8.47. The minimum atomic E-state index is -0.518. The molecule has 0 N–H and O–H groups in total. The largest absolute Gasteiger partial charge is 0.494 e. The van der Waals surface area contributed by atoms with Crippen LogP contribution in [0.2, 0.25) is 0 Å². The minimum absolute atomic E-state index is 0.0155. The van der Waals surface area contributed by atoms with Gasteiger partial charge in [-0.2, -0.15) is 5.26 Å². The van der Waals surface area contributed by atoms with Crippen LogP contribution in [-0.2, 0) is 6.54 Å². The second-order valence-corrected chi connectivity index (χ2v) is 6.56. The number of hydrogen-bond donors (Lipinski definition) is 0. The van der Waals surface area contributed by atoms with Gasteiger partial charge in [0.05, 0.1) is 6.61 Å². The van der Waals surface area contributed by atoms with E-state index in [4.69, 9.17) is 10.00 Å². The molecule has 130 valence electrons. The molecular weight excluding hydrogens is 318 g/mol. The average Bonchev–Trinajstić information content (AvgIpc) is 3.38. The molecule has 0 radical (unpaired) electrons. The molecule has 1 heterocycles. The van der Waals surface area contributed by atoms with Crippen molar-refractivity contribution >= 4 is 0 Å². The number of rotatable bonds is 6. The van der Waals surface area contributed by atoms with Crippen LogP contribution in [0.4, 0.5) is 0 Å². The van der Waals surface area contributed by atoms with Crippen LogP contribution in [0.25, 0.3) is 0 Å². The van der Waals surface area contributed by atoms with Gasteiger partial charge in [0, 0.05) is 18.8 Å². The average molecular weight is 339 g/mol. The first-order valence-corrected chi connectivity index (χ1v) is 8.47. The van der Waals surface area contributed by atoms with Gasteiger partial charge in [0.15, 0.2) is 0 Å². The van der Waals surface area contributed by atoms with E-state index in [-0.39, 0.29) is 23.8 Å². The summed E-state index contributed by atoms with van der Waals surface area (Å²) in [5, 5.41) is 9.13. The fourth-order valence-corrected chi connectivity index (χ4v) is 2.94. The summed E-state index contributed by atoms with van der Waals surface area (Å²) in [7, 11) is 0. The molecule has 2 aromatic rings. The maximum absolute atomic E-state index is 12.5. The molecule has 0 atom stereocenters. The number of ether oxygens (including phenoxy) is 1. The van der Waals surface area contributed by atoms with Crippen LogP contribution in [0.5, 0.6) is 5.75 Å². The van der Waals surface area contributed by atoms with Crippen molar-refractivity contribution in [2.75, 3.05) is 6.61 Å². The Balaban J connectivity index is 1.71. The molecule has 0 unspecified atom stereocenters. The Morgan fingerprint density at radius 2 is 1.88 bits per heavy atom. The molecule has 1 aromatic heterocycles. The molecule has 1 fully saturated rings. The third kappa shape index (κ3) is 3.82. The van der Waals surface area contributed by atoms with E-state index < -0.39 is 5.56 Å². The molecule has 0 spiro atoms. The van der Waals surface area contributed by atoms with E-state index in [9.17, 15) is 9.59 Å². The SMILES string of the molecule is Cc1cc(C)cc(OCCCn2c(=O)c(C#N)cn(C3CC3)c2=O)c1. The molecule has 1 aromatic carbocycles. The fourth-order valence-electron chi connectivity index (χ4n) is 2.94. The van der Waals surface area contributed by atoms with Crippen LogP contribution in [0, 0.1) is 25.2 Å². The Morgan fingerprint density at radius 1 is 1.20 bits per heavy atom. The van der Waals surface area contributed by atoms with Gasteiger partial charge >= 0.3 is 5.69 Å². The number of nitrogens with zero attached hydrogens (tertiary/aromatic N) is 3. The maximum atomic E-state index is 12.5. The topological polar surface area (TPSA) is 77.0 Å². The van der Waals surface area contributed by atoms with E-state index in [0.717, 1.165) is 34.3 Å². The third-order valence-corrected chi connectivity index (χ3v) is 4.25. The highest BCUT2D eigenvalue weighted by Gasteiger charge is 2.26. The van der Waals surface area contributed by atoms with E-state index in [0.29, 0.717) is 13.0 Å². The van der Waals surface area contributed by atoms with Crippen LogP contribution >= 0.6 is 0 Å². The Morgan fingerprint density at radius 3 is 2.48 bits per heavy atom. The molecule has 0 aliphatic heterocycles. The predicted molar refractivity (Wildman–Crippen MR) is 94.0 cm³/mol. The van der Waals surface area contributed by atoms with Gasteiger partial charge in [0.1, 0.15) is 17.4 Å². The summed E-state index contributed by atoms with van der Waals surface area (Å²) in [6.07, 6.45) is 3.74. The number of hydrogen-bond acceptors (Lipinski definition) is 4. The summed E-state index contributed by atoms with van der Waals surface area (Å²) >= 11 is 0. The van der Waals surface area contributed by atoms with Crippen molar-refractivity contribution in [3.8, 4) is 11.8 Å². The smallest absolute Gasteiger partial charge is 0.331 e. The summed E-state index contributed by atoms with van der Waals surface area (Å²) in [6, 6.07) is 7.99. The quantitative estimate of drug-likeness (QED) is 0.757. The van der Waals surface area contributed by atoms with Gasteiger partial charge in [-0.1, -0.05) is 6.07 Å². The molecule has 1 saturated carbocycles. The molecule has 1 aliphatic rings. The molecule has 6 heteroatoms. The van der Waals surface area contributed by atoms with Crippen molar-refractivity contribution in [3.05, 3.63) is 61.9 Å². The third-order valence-electron chi connectivity index (χ3n) is 4.25. The highest BCUT2D eigenvalue weighted by Crippen LogP contribution is 2.33. The van der Waals surface area contributed by atoms with Gasteiger partial charge in [0.2, 0.25) is 0 Å². The molecular formula is C19H21N3O3. The van der Waals surface area contributed by atoms with E-state index in [2.05, 4.69) is 6.07 Å². The van der Waals surface area contributed by atoms with E-state index in [1.54, 1.807) is 0 Å². The maximum Gasteiger partial charge on any atom is 0.331 e. The molecule has 25 heavy (non-hydrogen) atoms. The lowest BCUT2D eigenvalue weighted by molar-refractivity contribution is 0.298. The zero-order valence-electron chi connectivity index (χ0n) is 14.5. The van der Waals surface area contributed by atoms with Crippen LogP contribution < -0.4 is 16.0 Å². The van der Waals surface area contributed by atoms with Crippen molar-refractivity contribution in [2.45, 2.75) is 45.7 Å². The molecule has 3 rings (SSSR count). The van der Waals surface area contributed by atoms with Crippen LogP contribution in [-0.4, -0.2) is 15.7 Å². The highest BCUT2D eigenvalue weighted by atomic mass is 16.5. The van der Waals surface area contributed by atoms with Crippen LogP contribution in [0.1, 0.15) is 42.0 Å². The number of nitriles is 1. The van der Waals surface area contributed by atoms with Crippen molar-refractivity contribution in [1.82, 2.24) is 9.13 Å². The zero-order valence-corrected chi connectivity index (χ0v) is 14.5. The summed E-state index contributed by atoms with van der Waals surface area (Å²) in [6.45, 7) is 4.65. The Kier molecular flexibility index (Phi) is 4.75. The van der Waals surface area contributed by atoms with Gasteiger partial charge in [-0.25, -0.2) is 4.79 Å². The summed E-state index contributed by atoms with van der Waals surface area (Å²) in [4.78, 5) is 24.7. The van der Waals surface area contributed by atoms with Crippen molar-refractivity contribution < 1.29 is 4.74 Å². The van der Waals surface area contributed by atoms with Gasteiger partial charge in [0.25, 0.3) is 5.56 Å². The van der Waals surface area contributed by atoms with Crippen molar-refractivity contribution in [3.63, 3.8) is 0 Å². The van der Waals surface area contributed by atoms with E-state index in [1.807, 2.05) is 32.0 Å². The fraction of sp³-hybridized carbons (Fsp3) is 0.421. The zero-order chi connectivity index (χ0) is 18.0. The Hall–Kier alpha value is -2.81. The molecule has 0 amide bonds. The van der Waals surface area contributed by atoms with Crippen molar-refractivity contribution in [2.24, 2.45) is 0 Å². The first-order chi connectivity index (χ1) is 12.0. The van der Waals surface area contributed by atoms with Gasteiger partial charge in [-0.15, -0.1) is 0 Å². The van der Waals surface area contributed by atoms with Crippen LogP contribution in [0.3, 0.4) is 0 Å². The summed E-state index contributed by atoms with van der Waals surface area (Å²) < 4.78 is 8.40. The first kappa shape index (κ1) is 17.0. The summed E-state index contributed by atoms with van der Waals surface area (Å²) in [5.41, 5.74) is 1.41. The molecule has 0 saturated heterocycles. The van der Waals surface area contributed by atoms with E-state index in [1.165, 1.54) is 10.8 Å². The normalized spacial score (nSPS) is 13.5. The Bertz CT molecular complexity index is 926. The minimum Gasteiger partial charge on any atom is -0.494 e. The van der Waals surface area contributed by atoms with Gasteiger partial charge in [-0.3, -0.25) is 13.9 Å².